The van der Waals surface area contributed by atoms with Crippen molar-refractivity contribution in [1.29, 1.82) is 0 Å². The van der Waals surface area contributed by atoms with Crippen LogP contribution < -0.4 is 4.74 Å². The maximum atomic E-state index is 11.4. The van der Waals surface area contributed by atoms with Crippen molar-refractivity contribution in [2.75, 3.05) is 0 Å². The van der Waals surface area contributed by atoms with Gasteiger partial charge in [-0.1, -0.05) is 11.6 Å². The Balaban J connectivity index is 2.44. The van der Waals surface area contributed by atoms with Crippen LogP contribution in [0.5, 0.6) is 11.5 Å². The highest BCUT2D eigenvalue weighted by Gasteiger charge is 2.08. The summed E-state index contributed by atoms with van der Waals surface area (Å²) in [5, 5.41) is 9.48. The van der Waals surface area contributed by atoms with Gasteiger partial charge in [-0.05, 0) is 25.0 Å². The lowest BCUT2D eigenvalue weighted by molar-refractivity contribution is -0.134. The Bertz CT molecular complexity index is 403. The van der Waals surface area contributed by atoms with Crippen LogP contribution in [0.15, 0.2) is 18.2 Å². The molecule has 0 heterocycles. The van der Waals surface area contributed by atoms with Crippen LogP contribution in [0.4, 0.5) is 0 Å². The summed E-state index contributed by atoms with van der Waals surface area (Å²) in [7, 11) is 0. The second-order valence-electron chi connectivity index (χ2n) is 3.50. The van der Waals surface area contributed by atoms with E-state index < -0.39 is 5.97 Å². The minimum atomic E-state index is -0.427. The van der Waals surface area contributed by atoms with E-state index in [1.54, 1.807) is 0 Å². The Labute approximate surface area is 104 Å². The quantitative estimate of drug-likeness (QED) is 0.368. The molecule has 0 aliphatic heterocycles. The summed E-state index contributed by atoms with van der Waals surface area (Å²) >= 11 is 5.79. The first kappa shape index (κ1) is 13.5. The highest BCUT2D eigenvalue weighted by atomic mass is 35.5. The summed E-state index contributed by atoms with van der Waals surface area (Å²) in [4.78, 5) is 21.4. The molecule has 4 nitrogen and oxygen atoms in total. The first-order valence-corrected chi connectivity index (χ1v) is 5.64. The zero-order valence-corrected chi connectivity index (χ0v) is 9.94. The summed E-state index contributed by atoms with van der Waals surface area (Å²) in [6.07, 6.45) is 2.73. The van der Waals surface area contributed by atoms with Crippen LogP contribution in [0.1, 0.15) is 25.7 Å². The Morgan fingerprint density at radius 1 is 1.41 bits per heavy atom. The van der Waals surface area contributed by atoms with Crippen molar-refractivity contribution in [2.45, 2.75) is 25.7 Å². The van der Waals surface area contributed by atoms with E-state index in [0.29, 0.717) is 19.3 Å². The second kappa shape index (κ2) is 6.91. The number of ether oxygens (including phenoxy) is 1. The number of aldehydes is 1. The van der Waals surface area contributed by atoms with Gasteiger partial charge in [0.1, 0.15) is 12.0 Å². The van der Waals surface area contributed by atoms with Crippen molar-refractivity contribution < 1.29 is 19.4 Å². The molecule has 0 radical (unpaired) electrons. The van der Waals surface area contributed by atoms with E-state index in [9.17, 15) is 14.7 Å². The van der Waals surface area contributed by atoms with E-state index in [1.165, 1.54) is 18.2 Å². The van der Waals surface area contributed by atoms with Gasteiger partial charge in [-0.25, -0.2) is 0 Å². The Hall–Kier alpha value is -1.55. The zero-order chi connectivity index (χ0) is 12.7. The molecule has 1 rings (SSSR count). The van der Waals surface area contributed by atoms with E-state index in [1.807, 2.05) is 0 Å². The van der Waals surface area contributed by atoms with Crippen LogP contribution in [0.25, 0.3) is 0 Å². The number of unbranched alkanes of at least 4 members (excludes halogenated alkanes) is 2. The molecule has 0 spiro atoms. The third-order valence-corrected chi connectivity index (χ3v) is 2.40. The smallest absolute Gasteiger partial charge is 0.311 e. The number of aromatic hydroxyl groups is 1. The van der Waals surface area contributed by atoms with Crippen molar-refractivity contribution >= 4 is 23.9 Å². The average molecular weight is 257 g/mol. The highest BCUT2D eigenvalue weighted by Crippen LogP contribution is 2.28. The molecule has 0 aliphatic rings. The number of hydrogen-bond acceptors (Lipinski definition) is 4. The summed E-state index contributed by atoms with van der Waals surface area (Å²) in [5.41, 5.74) is 0. The molecule has 5 heteroatoms. The molecular formula is C12H13ClO4. The van der Waals surface area contributed by atoms with Gasteiger partial charge in [0, 0.05) is 18.9 Å². The molecule has 1 aromatic carbocycles. The second-order valence-corrected chi connectivity index (χ2v) is 3.91. The van der Waals surface area contributed by atoms with Gasteiger partial charge < -0.3 is 14.6 Å². The van der Waals surface area contributed by atoms with E-state index >= 15 is 0 Å². The Kier molecular flexibility index (Phi) is 5.49. The number of rotatable bonds is 6. The van der Waals surface area contributed by atoms with Crippen LogP contribution in [-0.2, 0) is 9.59 Å². The molecule has 0 fully saturated rings. The average Bonchev–Trinajstić information content (AvgIpc) is 2.29. The predicted molar refractivity (Wildman–Crippen MR) is 63.3 cm³/mol. The topological polar surface area (TPSA) is 63.6 Å². The maximum absolute atomic E-state index is 11.4. The number of carbonyl (C=O) groups excluding carboxylic acids is 2. The first-order valence-electron chi connectivity index (χ1n) is 5.26. The first-order chi connectivity index (χ1) is 8.13. The van der Waals surface area contributed by atoms with E-state index in [2.05, 4.69) is 0 Å². The largest absolute Gasteiger partial charge is 0.508 e. The fourth-order valence-corrected chi connectivity index (χ4v) is 1.40. The normalized spacial score (nSPS) is 9.94. The van der Waals surface area contributed by atoms with Gasteiger partial charge in [0.05, 0.1) is 5.02 Å². The van der Waals surface area contributed by atoms with Crippen molar-refractivity contribution in [1.82, 2.24) is 0 Å². The molecule has 0 atom stereocenters. The molecule has 1 N–H and O–H groups in total. The van der Waals surface area contributed by atoms with E-state index in [-0.39, 0.29) is 22.9 Å². The lowest BCUT2D eigenvalue weighted by atomic mass is 10.2. The number of phenolic OH excluding ortho intramolecular Hbond substituents is 1. The van der Waals surface area contributed by atoms with Crippen LogP contribution in [0.3, 0.4) is 0 Å². The molecular weight excluding hydrogens is 244 g/mol. The monoisotopic (exact) mass is 256 g/mol. The molecule has 0 aliphatic carbocycles. The number of benzene rings is 1. The van der Waals surface area contributed by atoms with Gasteiger partial charge >= 0.3 is 5.97 Å². The predicted octanol–water partition coefficient (Wildman–Crippen LogP) is 2.71. The van der Waals surface area contributed by atoms with Gasteiger partial charge in [-0.2, -0.15) is 0 Å². The van der Waals surface area contributed by atoms with Crippen molar-refractivity contribution in [3.63, 3.8) is 0 Å². The minimum absolute atomic E-state index is 0.0156. The SMILES string of the molecule is O=CCCCCC(=O)Oc1cc(O)ccc1Cl. The van der Waals surface area contributed by atoms with Crippen LogP contribution in [0.2, 0.25) is 5.02 Å². The molecule has 92 valence electrons. The third kappa shape index (κ3) is 4.87. The Morgan fingerprint density at radius 3 is 2.88 bits per heavy atom. The van der Waals surface area contributed by atoms with Crippen molar-refractivity contribution in [2.24, 2.45) is 0 Å². The number of phenols is 1. The lowest BCUT2D eigenvalue weighted by Gasteiger charge is -2.06. The number of hydrogen-bond donors (Lipinski definition) is 1. The van der Waals surface area contributed by atoms with Gasteiger partial charge in [-0.15, -0.1) is 0 Å². The number of halogens is 1. The molecule has 0 saturated heterocycles. The molecule has 0 saturated carbocycles. The van der Waals surface area contributed by atoms with Crippen molar-refractivity contribution in [3.8, 4) is 11.5 Å². The van der Waals surface area contributed by atoms with E-state index in [4.69, 9.17) is 16.3 Å². The van der Waals surface area contributed by atoms with Gasteiger partial charge in [0.25, 0.3) is 0 Å². The van der Waals surface area contributed by atoms with Crippen LogP contribution >= 0.6 is 11.6 Å². The molecule has 0 amide bonds. The van der Waals surface area contributed by atoms with Gasteiger partial charge in [0.15, 0.2) is 5.75 Å². The molecule has 0 bridgehead atoms. The zero-order valence-electron chi connectivity index (χ0n) is 9.19. The summed E-state index contributed by atoms with van der Waals surface area (Å²) in [6, 6.07) is 4.14. The van der Waals surface area contributed by atoms with Gasteiger partial charge in [0.2, 0.25) is 0 Å². The third-order valence-electron chi connectivity index (χ3n) is 2.09. The fraction of sp³-hybridized carbons (Fsp3) is 0.333. The molecule has 1 aromatic rings. The van der Waals surface area contributed by atoms with E-state index in [0.717, 1.165) is 6.29 Å². The summed E-state index contributed by atoms with van der Waals surface area (Å²) < 4.78 is 4.99. The summed E-state index contributed by atoms with van der Waals surface area (Å²) in [5.74, 6) is -0.298. The summed E-state index contributed by atoms with van der Waals surface area (Å²) in [6.45, 7) is 0. The molecule has 0 unspecified atom stereocenters. The lowest BCUT2D eigenvalue weighted by Crippen LogP contribution is -2.07. The highest BCUT2D eigenvalue weighted by molar-refractivity contribution is 6.32. The van der Waals surface area contributed by atoms with Crippen LogP contribution in [0, 0.1) is 0 Å². The minimum Gasteiger partial charge on any atom is -0.508 e. The standard InChI is InChI=1S/C12H13ClO4/c13-10-6-5-9(15)8-11(10)17-12(16)4-2-1-3-7-14/h5-8,15H,1-4H2. The number of esters is 1. The molecule has 17 heavy (non-hydrogen) atoms. The fourth-order valence-electron chi connectivity index (χ4n) is 1.24. The van der Waals surface area contributed by atoms with Gasteiger partial charge in [-0.3, -0.25) is 4.79 Å². The van der Waals surface area contributed by atoms with Crippen molar-refractivity contribution in [3.05, 3.63) is 23.2 Å². The Morgan fingerprint density at radius 2 is 2.18 bits per heavy atom. The molecule has 0 aromatic heterocycles. The van der Waals surface area contributed by atoms with Crippen LogP contribution in [-0.4, -0.2) is 17.4 Å². The maximum Gasteiger partial charge on any atom is 0.311 e. The number of carbonyl (C=O) groups is 2.